The van der Waals surface area contributed by atoms with E-state index in [1.807, 2.05) is 0 Å². The summed E-state index contributed by atoms with van der Waals surface area (Å²) < 4.78 is 0. The van der Waals surface area contributed by atoms with Gasteiger partial charge in [0.05, 0.1) is 11.9 Å². The molecular weight excluding hydrogens is 300 g/mol. The Morgan fingerprint density at radius 3 is 1.33 bits per heavy atom. The summed E-state index contributed by atoms with van der Waals surface area (Å²) in [4.78, 5) is 27.9. The second kappa shape index (κ2) is 9.44. The number of hydrogen-bond donors (Lipinski definition) is 0. The Balaban J connectivity index is 0.000000364. The maximum atomic E-state index is 10.2. The largest absolute Gasteiger partial charge is 2.00 e. The molecule has 21 heavy (non-hydrogen) atoms. The molecule has 0 aliphatic heterocycles. The second-order valence-corrected chi connectivity index (χ2v) is 3.95. The smallest absolute Gasteiger partial charge is 0.545 e. The molecule has 0 saturated heterocycles. The molecule has 2 aromatic rings. The van der Waals surface area contributed by atoms with Gasteiger partial charge in [0.1, 0.15) is 0 Å². The zero-order valence-electron chi connectivity index (χ0n) is 11.7. The fraction of sp³-hybridized carbons (Fsp3) is 0.143. The van der Waals surface area contributed by atoms with Gasteiger partial charge in [-0.2, -0.15) is 0 Å². The van der Waals surface area contributed by atoms with Crippen molar-refractivity contribution in [2.75, 3.05) is 0 Å². The van der Waals surface area contributed by atoms with E-state index in [0.717, 1.165) is 11.4 Å². The van der Waals surface area contributed by atoms with Crippen molar-refractivity contribution in [1.82, 2.24) is 9.97 Å². The van der Waals surface area contributed by atoms with Crippen LogP contribution in [0, 0.1) is 13.8 Å². The minimum Gasteiger partial charge on any atom is -0.545 e. The minimum atomic E-state index is -1.19. The monoisotopic (exact) mass is 312 g/mol. The van der Waals surface area contributed by atoms with Gasteiger partial charge in [-0.05, 0) is 38.1 Å². The van der Waals surface area contributed by atoms with Crippen molar-refractivity contribution >= 4 is 49.7 Å². The number of rotatable bonds is 2. The Kier molecular flexibility index (Phi) is 8.76. The summed E-state index contributed by atoms with van der Waals surface area (Å²) in [6.07, 6.45) is 2.56. The van der Waals surface area contributed by atoms with Crippen molar-refractivity contribution in [1.29, 1.82) is 0 Å². The summed E-state index contributed by atoms with van der Waals surface area (Å²) in [5.74, 6) is -2.37. The van der Waals surface area contributed by atoms with E-state index in [1.165, 1.54) is 24.5 Å². The maximum absolute atomic E-state index is 10.2. The van der Waals surface area contributed by atoms with Gasteiger partial charge >= 0.3 is 37.7 Å². The summed E-state index contributed by atoms with van der Waals surface area (Å²) in [6, 6.07) is 6.20. The average Bonchev–Trinajstić information content (AvgIpc) is 2.40. The van der Waals surface area contributed by atoms with E-state index >= 15 is 0 Å². The van der Waals surface area contributed by atoms with Crippen LogP contribution in [0.25, 0.3) is 0 Å². The molecule has 0 atom stereocenters. The Morgan fingerprint density at radius 1 is 0.810 bits per heavy atom. The quantitative estimate of drug-likeness (QED) is 0.667. The van der Waals surface area contributed by atoms with E-state index in [1.54, 1.807) is 26.0 Å². The molecule has 104 valence electrons. The van der Waals surface area contributed by atoms with Gasteiger partial charge in [-0.1, -0.05) is 0 Å². The van der Waals surface area contributed by atoms with Gasteiger partial charge in [-0.3, -0.25) is 9.97 Å². The molecule has 6 nitrogen and oxygen atoms in total. The van der Waals surface area contributed by atoms with E-state index < -0.39 is 11.9 Å². The van der Waals surface area contributed by atoms with Crippen molar-refractivity contribution in [2.45, 2.75) is 13.8 Å². The molecule has 0 fully saturated rings. The fourth-order valence-corrected chi connectivity index (χ4v) is 1.18. The van der Waals surface area contributed by atoms with Crippen molar-refractivity contribution < 1.29 is 19.8 Å². The predicted octanol–water partition coefficient (Wildman–Crippen LogP) is -0.874. The van der Waals surface area contributed by atoms with Crippen molar-refractivity contribution in [3.63, 3.8) is 0 Å². The summed E-state index contributed by atoms with van der Waals surface area (Å²) in [5, 5.41) is 20.3. The molecule has 0 spiro atoms. The third kappa shape index (κ3) is 7.17. The minimum absolute atomic E-state index is 0. The van der Waals surface area contributed by atoms with Gasteiger partial charge in [-0.15, -0.1) is 0 Å². The van der Waals surface area contributed by atoms with Crippen molar-refractivity contribution in [2.24, 2.45) is 0 Å². The van der Waals surface area contributed by atoms with Gasteiger partial charge in [0.25, 0.3) is 0 Å². The molecule has 0 aromatic carbocycles. The number of pyridine rings is 2. The zero-order valence-corrected chi connectivity index (χ0v) is 13.9. The van der Waals surface area contributed by atoms with Gasteiger partial charge in [0.2, 0.25) is 0 Å². The normalized spacial score (nSPS) is 8.86. The second-order valence-electron chi connectivity index (χ2n) is 3.95. The van der Waals surface area contributed by atoms with E-state index in [2.05, 4.69) is 9.97 Å². The maximum Gasteiger partial charge on any atom is 2.00 e. The number of nitrogens with zero attached hydrogens (tertiary/aromatic N) is 2. The van der Waals surface area contributed by atoms with E-state index in [4.69, 9.17) is 0 Å². The number of carboxylic acids is 2. The van der Waals surface area contributed by atoms with Crippen LogP contribution in [0.4, 0.5) is 0 Å². The van der Waals surface area contributed by atoms with E-state index in [0.29, 0.717) is 0 Å². The number of hydrogen-bond acceptors (Lipinski definition) is 6. The van der Waals surface area contributed by atoms with Crippen molar-refractivity contribution in [3.05, 3.63) is 59.2 Å². The Bertz CT molecular complexity index is 542. The first-order valence-corrected chi connectivity index (χ1v) is 5.68. The van der Waals surface area contributed by atoms with Gasteiger partial charge in [0, 0.05) is 34.9 Å². The molecule has 0 saturated carbocycles. The number of carbonyl (C=O) groups is 2. The Labute approximate surface area is 151 Å². The zero-order chi connectivity index (χ0) is 15.1. The fourth-order valence-electron chi connectivity index (χ4n) is 1.18. The van der Waals surface area contributed by atoms with Gasteiger partial charge < -0.3 is 19.8 Å². The summed E-state index contributed by atoms with van der Waals surface area (Å²) in [7, 11) is 0. The topological polar surface area (TPSA) is 106 Å². The number of aromatic nitrogens is 2. The van der Waals surface area contributed by atoms with Gasteiger partial charge in [-0.25, -0.2) is 0 Å². The van der Waals surface area contributed by atoms with Crippen LogP contribution >= 0.6 is 0 Å². The molecule has 2 aromatic heterocycles. The van der Waals surface area contributed by atoms with Gasteiger partial charge in [0.15, 0.2) is 0 Å². The van der Waals surface area contributed by atoms with E-state index in [9.17, 15) is 19.8 Å². The Morgan fingerprint density at radius 2 is 1.14 bits per heavy atom. The first kappa shape index (κ1) is 19.5. The molecule has 0 radical (unpaired) electrons. The molecule has 0 N–H and O–H groups in total. The molecule has 0 bridgehead atoms. The SMILES string of the molecule is Cc1ccc(C(=O)[O-])cn1.Cc1ccc(C(=O)[O-])cn1.[Ca+2]. The number of aryl methyl sites for hydroxylation is 2. The summed E-state index contributed by atoms with van der Waals surface area (Å²) in [5.41, 5.74) is 1.83. The Hall–Kier alpha value is -1.50. The number of carbonyl (C=O) groups excluding carboxylic acids is 2. The first-order valence-electron chi connectivity index (χ1n) is 5.68. The van der Waals surface area contributed by atoms with Crippen LogP contribution in [0.5, 0.6) is 0 Å². The molecular formula is C14H12CaN2O4. The molecule has 0 aliphatic rings. The number of carboxylic acid groups (broad SMARTS) is 2. The standard InChI is InChI=1S/2C7H7NO2.Ca/c2*1-5-2-3-6(4-8-5)7(9)10;/h2*2-4H,1H3,(H,9,10);/q;;+2/p-2. The van der Waals surface area contributed by atoms with Crippen molar-refractivity contribution in [3.8, 4) is 0 Å². The first-order chi connectivity index (χ1) is 9.40. The van der Waals surface area contributed by atoms with Crippen LogP contribution in [0.1, 0.15) is 32.1 Å². The average molecular weight is 312 g/mol. The van der Waals surface area contributed by atoms with Crippen LogP contribution in [-0.4, -0.2) is 59.6 Å². The molecule has 0 amide bonds. The molecule has 2 rings (SSSR count). The van der Waals surface area contributed by atoms with Crippen LogP contribution in [0.3, 0.4) is 0 Å². The number of aromatic carboxylic acids is 2. The van der Waals surface area contributed by atoms with Crippen LogP contribution < -0.4 is 10.2 Å². The van der Waals surface area contributed by atoms with Crippen LogP contribution in [0.2, 0.25) is 0 Å². The van der Waals surface area contributed by atoms with E-state index in [-0.39, 0.29) is 48.9 Å². The van der Waals surface area contributed by atoms with Crippen LogP contribution in [0.15, 0.2) is 36.7 Å². The molecule has 0 unspecified atom stereocenters. The molecule has 2 heterocycles. The third-order valence-electron chi connectivity index (χ3n) is 2.29. The van der Waals surface area contributed by atoms with Crippen LogP contribution in [-0.2, 0) is 0 Å². The predicted molar refractivity (Wildman–Crippen MR) is 72.4 cm³/mol. The molecule has 0 aliphatic carbocycles. The summed E-state index contributed by atoms with van der Waals surface area (Å²) >= 11 is 0. The summed E-state index contributed by atoms with van der Waals surface area (Å²) in [6.45, 7) is 3.58. The molecule has 7 heteroatoms. The third-order valence-corrected chi connectivity index (χ3v) is 2.29.